The highest BCUT2D eigenvalue weighted by Crippen LogP contribution is 2.33. The zero-order valence-electron chi connectivity index (χ0n) is 14.9. The predicted molar refractivity (Wildman–Crippen MR) is 99.0 cm³/mol. The number of nitrogens with one attached hydrogen (secondary N) is 2. The van der Waals surface area contributed by atoms with Gasteiger partial charge in [0.2, 0.25) is 0 Å². The molecule has 0 unspecified atom stereocenters. The lowest BCUT2D eigenvalue weighted by Gasteiger charge is -2.12. The first-order valence-corrected chi connectivity index (χ1v) is 8.23. The molecule has 2 N–H and O–H groups in total. The monoisotopic (exact) mass is 406 g/mol. The number of hydrogen-bond acceptors (Lipinski definition) is 3. The molecule has 0 spiro atoms. The number of rotatable bonds is 3. The van der Waals surface area contributed by atoms with Crippen molar-refractivity contribution in [1.29, 1.82) is 0 Å². The summed E-state index contributed by atoms with van der Waals surface area (Å²) in [6, 6.07) is 10.8. The molecule has 3 rings (SSSR count). The van der Waals surface area contributed by atoms with Crippen LogP contribution in [0, 0.1) is 5.82 Å². The van der Waals surface area contributed by atoms with E-state index in [9.17, 15) is 27.2 Å². The first-order chi connectivity index (χ1) is 13.6. The second-order valence-corrected chi connectivity index (χ2v) is 6.03. The van der Waals surface area contributed by atoms with Crippen LogP contribution in [0.4, 0.5) is 33.7 Å². The van der Waals surface area contributed by atoms with Crippen LogP contribution in [-0.2, 0) is 13.2 Å². The Labute approximate surface area is 161 Å². The van der Waals surface area contributed by atoms with E-state index in [1.54, 1.807) is 30.3 Å². The highest BCUT2D eigenvalue weighted by molar-refractivity contribution is 5.99. The standard InChI is InChI=1S/C19H14F4N4O2/c1-27-17(28)9-8-16(26-27)11-2-4-12(5-3-11)24-18(29)25-13-6-7-15(20)14(10-13)19(21,22)23/h2-10H,1H3,(H2,24,25,29). The van der Waals surface area contributed by atoms with E-state index < -0.39 is 23.6 Å². The normalized spacial score (nSPS) is 11.2. The van der Waals surface area contributed by atoms with Crippen LogP contribution in [0.15, 0.2) is 59.4 Å². The van der Waals surface area contributed by atoms with E-state index >= 15 is 0 Å². The zero-order valence-corrected chi connectivity index (χ0v) is 14.9. The minimum absolute atomic E-state index is 0.206. The Morgan fingerprint density at radius 1 is 0.966 bits per heavy atom. The van der Waals surface area contributed by atoms with Gasteiger partial charge in [-0.3, -0.25) is 4.79 Å². The number of benzene rings is 2. The average Bonchev–Trinajstić information content (AvgIpc) is 2.65. The smallest absolute Gasteiger partial charge is 0.308 e. The van der Waals surface area contributed by atoms with Gasteiger partial charge < -0.3 is 10.6 Å². The van der Waals surface area contributed by atoms with E-state index in [4.69, 9.17) is 0 Å². The topological polar surface area (TPSA) is 76.0 Å². The summed E-state index contributed by atoms with van der Waals surface area (Å²) in [5.41, 5.74) is -0.312. The number of nitrogens with zero attached hydrogens (tertiary/aromatic N) is 2. The van der Waals surface area contributed by atoms with E-state index in [0.29, 0.717) is 29.1 Å². The van der Waals surface area contributed by atoms with Crippen LogP contribution in [0.3, 0.4) is 0 Å². The fourth-order valence-corrected chi connectivity index (χ4v) is 2.49. The lowest BCUT2D eigenvalue weighted by atomic mass is 10.1. The Morgan fingerprint density at radius 3 is 2.21 bits per heavy atom. The van der Waals surface area contributed by atoms with E-state index in [1.165, 1.54) is 17.8 Å². The largest absolute Gasteiger partial charge is 0.419 e. The van der Waals surface area contributed by atoms with Crippen molar-refractivity contribution in [1.82, 2.24) is 9.78 Å². The second-order valence-electron chi connectivity index (χ2n) is 6.03. The molecule has 3 aromatic rings. The number of carbonyl (C=O) groups excluding carboxylic acids is 1. The summed E-state index contributed by atoms with van der Waals surface area (Å²) in [5.74, 6) is -1.42. The molecule has 0 aliphatic rings. The molecule has 0 aliphatic carbocycles. The number of carbonyl (C=O) groups is 1. The Balaban J connectivity index is 1.70. The van der Waals surface area contributed by atoms with Crippen molar-refractivity contribution < 1.29 is 22.4 Å². The van der Waals surface area contributed by atoms with Crippen molar-refractivity contribution in [2.24, 2.45) is 7.05 Å². The van der Waals surface area contributed by atoms with Crippen LogP contribution in [0.5, 0.6) is 0 Å². The Morgan fingerprint density at radius 2 is 1.59 bits per heavy atom. The molecule has 6 nitrogen and oxygen atoms in total. The summed E-state index contributed by atoms with van der Waals surface area (Å²) < 4.78 is 52.7. The number of aryl methyl sites for hydroxylation is 1. The summed E-state index contributed by atoms with van der Waals surface area (Å²) in [4.78, 5) is 23.4. The van der Waals surface area contributed by atoms with Crippen molar-refractivity contribution in [3.05, 3.63) is 76.3 Å². The van der Waals surface area contributed by atoms with Gasteiger partial charge in [0.1, 0.15) is 5.82 Å². The van der Waals surface area contributed by atoms with Gasteiger partial charge in [0.05, 0.1) is 11.3 Å². The molecular formula is C19H14F4N4O2. The van der Waals surface area contributed by atoms with Crippen molar-refractivity contribution in [3.63, 3.8) is 0 Å². The highest BCUT2D eigenvalue weighted by atomic mass is 19.4. The lowest BCUT2D eigenvalue weighted by molar-refractivity contribution is -0.139. The summed E-state index contributed by atoms with van der Waals surface area (Å²) in [5, 5.41) is 8.79. The van der Waals surface area contributed by atoms with Gasteiger partial charge in [-0.25, -0.2) is 13.9 Å². The van der Waals surface area contributed by atoms with Gasteiger partial charge in [0.25, 0.3) is 5.56 Å². The first-order valence-electron chi connectivity index (χ1n) is 8.23. The molecule has 0 saturated carbocycles. The number of anilines is 2. The fourth-order valence-electron chi connectivity index (χ4n) is 2.49. The van der Waals surface area contributed by atoms with Gasteiger partial charge in [-0.2, -0.15) is 18.3 Å². The van der Waals surface area contributed by atoms with Crippen LogP contribution in [-0.4, -0.2) is 15.8 Å². The van der Waals surface area contributed by atoms with E-state index in [0.717, 1.165) is 6.07 Å². The molecule has 0 radical (unpaired) electrons. The third-order valence-corrected chi connectivity index (χ3v) is 3.93. The van der Waals surface area contributed by atoms with Gasteiger partial charge in [-0.05, 0) is 36.4 Å². The lowest BCUT2D eigenvalue weighted by Crippen LogP contribution is -2.20. The van der Waals surface area contributed by atoms with Crippen LogP contribution < -0.4 is 16.2 Å². The predicted octanol–water partition coefficient (Wildman–Crippen LogP) is 4.25. The minimum Gasteiger partial charge on any atom is -0.308 e. The van der Waals surface area contributed by atoms with Gasteiger partial charge in [0.15, 0.2) is 0 Å². The Hall–Kier alpha value is -3.69. The molecule has 2 amide bonds. The van der Waals surface area contributed by atoms with Crippen LogP contribution in [0.25, 0.3) is 11.3 Å². The maximum absolute atomic E-state index is 13.3. The summed E-state index contributed by atoms with van der Waals surface area (Å²) in [6.07, 6.45) is -4.87. The fraction of sp³-hybridized carbons (Fsp3) is 0.105. The van der Waals surface area contributed by atoms with Gasteiger partial charge in [-0.1, -0.05) is 12.1 Å². The maximum atomic E-state index is 13.3. The zero-order chi connectivity index (χ0) is 21.2. The van der Waals surface area contributed by atoms with Crippen molar-refractivity contribution >= 4 is 17.4 Å². The van der Waals surface area contributed by atoms with Gasteiger partial charge in [-0.15, -0.1) is 0 Å². The van der Waals surface area contributed by atoms with Gasteiger partial charge in [0, 0.05) is 30.1 Å². The SMILES string of the molecule is Cn1nc(-c2ccc(NC(=O)Nc3ccc(F)c(C(F)(F)F)c3)cc2)ccc1=O. The first kappa shape index (κ1) is 20.1. The third kappa shape index (κ3) is 4.78. The number of urea groups is 1. The Bertz CT molecular complexity index is 1110. The van der Waals surface area contributed by atoms with Crippen LogP contribution in [0.2, 0.25) is 0 Å². The average molecular weight is 406 g/mol. The van der Waals surface area contributed by atoms with E-state index in [-0.39, 0.29) is 11.2 Å². The molecule has 0 saturated heterocycles. The van der Waals surface area contributed by atoms with Crippen molar-refractivity contribution in [2.75, 3.05) is 10.6 Å². The van der Waals surface area contributed by atoms with Crippen molar-refractivity contribution in [2.45, 2.75) is 6.18 Å². The minimum atomic E-state index is -4.87. The quantitative estimate of drug-likeness (QED) is 0.639. The van der Waals surface area contributed by atoms with Gasteiger partial charge >= 0.3 is 12.2 Å². The molecule has 0 fully saturated rings. The molecule has 0 aliphatic heterocycles. The Kier molecular flexibility index (Phi) is 5.35. The molecule has 0 atom stereocenters. The molecule has 1 aromatic heterocycles. The summed E-state index contributed by atoms with van der Waals surface area (Å²) >= 11 is 0. The molecule has 2 aromatic carbocycles. The number of aromatic nitrogens is 2. The van der Waals surface area contributed by atoms with Crippen molar-refractivity contribution in [3.8, 4) is 11.3 Å². The molecule has 29 heavy (non-hydrogen) atoms. The number of alkyl halides is 3. The second kappa shape index (κ2) is 7.74. The van der Waals surface area contributed by atoms with E-state index in [2.05, 4.69) is 15.7 Å². The molecular weight excluding hydrogens is 392 g/mol. The molecule has 150 valence electrons. The molecule has 10 heteroatoms. The van der Waals surface area contributed by atoms with E-state index in [1.807, 2.05) is 0 Å². The molecule has 0 bridgehead atoms. The van der Waals surface area contributed by atoms with Crippen LogP contribution in [0.1, 0.15) is 5.56 Å². The summed E-state index contributed by atoms with van der Waals surface area (Å²) in [7, 11) is 1.52. The van der Waals surface area contributed by atoms with Crippen LogP contribution >= 0.6 is 0 Å². The molecule has 1 heterocycles. The maximum Gasteiger partial charge on any atom is 0.419 e. The highest BCUT2D eigenvalue weighted by Gasteiger charge is 2.34. The summed E-state index contributed by atoms with van der Waals surface area (Å²) in [6.45, 7) is 0. The number of hydrogen-bond donors (Lipinski definition) is 2. The third-order valence-electron chi connectivity index (χ3n) is 3.93. The number of amides is 2. The number of halogens is 4.